The number of carbonyl (C=O) groups is 2. The molecule has 5 rings (SSSR count). The van der Waals surface area contributed by atoms with Crippen LogP contribution in [0.5, 0.6) is 0 Å². The number of anilines is 1. The molecule has 2 heterocycles. The maximum Gasteiger partial charge on any atom is 0.315 e. The predicted octanol–water partition coefficient (Wildman–Crippen LogP) is 1.88. The molecule has 2 saturated heterocycles. The Labute approximate surface area is 196 Å². The fourth-order valence-electron chi connectivity index (χ4n) is 6.80. The number of nitrogens with one attached hydrogen (secondary N) is 1. The lowest BCUT2D eigenvalue weighted by Crippen LogP contribution is -3.15. The Morgan fingerprint density at radius 2 is 1.94 bits per heavy atom. The largest absolute Gasteiger partial charge is 0.461 e. The van der Waals surface area contributed by atoms with Crippen LogP contribution in [-0.4, -0.2) is 61.8 Å². The molecule has 1 aromatic carbocycles. The Hall–Kier alpha value is -2.18. The van der Waals surface area contributed by atoms with Crippen molar-refractivity contribution in [1.82, 2.24) is 0 Å². The molecule has 178 valence electrons. The summed E-state index contributed by atoms with van der Waals surface area (Å²) in [4.78, 5) is 28.2. The number of ketones is 1. The minimum Gasteiger partial charge on any atom is -0.461 e. The summed E-state index contributed by atoms with van der Waals surface area (Å²) in [6, 6.07) is 7.84. The number of rotatable bonds is 4. The number of piperazine rings is 1. The first-order valence-corrected chi connectivity index (χ1v) is 12.6. The molecule has 0 spiro atoms. The molecule has 2 aliphatic carbocycles. The maximum atomic E-state index is 12.9. The molecule has 0 radical (unpaired) electrons. The molecule has 0 bridgehead atoms. The highest BCUT2D eigenvalue weighted by Crippen LogP contribution is 2.55. The van der Waals surface area contributed by atoms with Gasteiger partial charge in [-0.2, -0.15) is 0 Å². The zero-order chi connectivity index (χ0) is 23.3. The molecule has 2 aliphatic heterocycles. The van der Waals surface area contributed by atoms with E-state index < -0.39 is 6.10 Å². The van der Waals surface area contributed by atoms with Gasteiger partial charge in [0.25, 0.3) is 0 Å². The van der Waals surface area contributed by atoms with E-state index in [-0.39, 0.29) is 35.1 Å². The minimum absolute atomic E-state index is 0.0848. The van der Waals surface area contributed by atoms with Crippen molar-refractivity contribution in [2.75, 3.05) is 37.6 Å². The first-order valence-electron chi connectivity index (χ1n) is 12.6. The van der Waals surface area contributed by atoms with Gasteiger partial charge in [0.05, 0.1) is 38.8 Å². The lowest BCUT2D eigenvalue weighted by Gasteiger charge is -2.51. The number of allylic oxidation sites excluding steroid dienone is 1. The van der Waals surface area contributed by atoms with Crippen molar-refractivity contribution in [2.45, 2.75) is 52.2 Å². The fraction of sp³-hybridized carbons (Fsp3) is 0.630. The summed E-state index contributed by atoms with van der Waals surface area (Å²) in [6.45, 7) is 10.5. The summed E-state index contributed by atoms with van der Waals surface area (Å²) >= 11 is 0. The van der Waals surface area contributed by atoms with E-state index in [1.165, 1.54) is 10.5 Å². The molecule has 6 nitrogen and oxygen atoms in total. The average Bonchev–Trinajstić information content (AvgIpc) is 3.11. The lowest BCUT2D eigenvalue weighted by atomic mass is 9.55. The van der Waals surface area contributed by atoms with Crippen molar-refractivity contribution in [3.63, 3.8) is 0 Å². The SMILES string of the molecule is CC(=O)c1ccc(N2CC[NH+](C[C@@H]3C(=O)O[C@@H]4CC5=CCC[C@@H](C)[C@@]5(C)[C@H](O)[C@H]34)CC2)cc1. The van der Waals surface area contributed by atoms with Crippen molar-refractivity contribution in [3.8, 4) is 0 Å². The summed E-state index contributed by atoms with van der Waals surface area (Å²) in [5.74, 6) is 0.0460. The van der Waals surface area contributed by atoms with Gasteiger partial charge in [-0.25, -0.2) is 0 Å². The topological polar surface area (TPSA) is 71.3 Å². The smallest absolute Gasteiger partial charge is 0.315 e. The number of ether oxygens (including phenoxy) is 1. The molecule has 2 N–H and O–H groups in total. The Bertz CT molecular complexity index is 949. The van der Waals surface area contributed by atoms with Gasteiger partial charge in [0.15, 0.2) is 5.78 Å². The zero-order valence-corrected chi connectivity index (χ0v) is 20.0. The van der Waals surface area contributed by atoms with Gasteiger partial charge in [0.2, 0.25) is 0 Å². The number of aliphatic hydroxyl groups excluding tert-OH is 1. The van der Waals surface area contributed by atoms with Crippen LogP contribution >= 0.6 is 0 Å². The molecule has 0 unspecified atom stereocenters. The average molecular weight is 454 g/mol. The number of Topliss-reactive ketones (excluding diaryl/α,β-unsaturated/α-hetero) is 1. The first-order chi connectivity index (χ1) is 15.8. The number of fused-ring (bicyclic) bond motifs is 2. The second-order valence-corrected chi connectivity index (χ2v) is 10.8. The third-order valence-corrected chi connectivity index (χ3v) is 9.19. The summed E-state index contributed by atoms with van der Waals surface area (Å²) in [5, 5.41) is 11.6. The van der Waals surface area contributed by atoms with Crippen LogP contribution in [0.25, 0.3) is 0 Å². The van der Waals surface area contributed by atoms with Crippen LogP contribution in [0.1, 0.15) is 50.4 Å². The molecule has 33 heavy (non-hydrogen) atoms. The Kier molecular flexibility index (Phi) is 5.86. The van der Waals surface area contributed by atoms with Gasteiger partial charge in [0, 0.05) is 29.0 Å². The van der Waals surface area contributed by atoms with Gasteiger partial charge >= 0.3 is 5.97 Å². The van der Waals surface area contributed by atoms with Crippen LogP contribution in [0.4, 0.5) is 5.69 Å². The van der Waals surface area contributed by atoms with Crippen LogP contribution < -0.4 is 9.80 Å². The summed E-state index contributed by atoms with van der Waals surface area (Å²) in [6.07, 6.45) is 4.50. The van der Waals surface area contributed by atoms with Crippen LogP contribution in [0.2, 0.25) is 0 Å². The van der Waals surface area contributed by atoms with E-state index in [1.54, 1.807) is 6.92 Å². The van der Waals surface area contributed by atoms with Gasteiger partial charge < -0.3 is 19.6 Å². The second-order valence-electron chi connectivity index (χ2n) is 10.8. The third-order valence-electron chi connectivity index (χ3n) is 9.19. The van der Waals surface area contributed by atoms with E-state index in [0.717, 1.165) is 63.2 Å². The zero-order valence-electron chi connectivity index (χ0n) is 20.0. The van der Waals surface area contributed by atoms with Gasteiger partial charge in [-0.1, -0.05) is 25.5 Å². The standard InChI is InChI=1S/C27H36N2O4/c1-17-5-4-6-20-15-23-24(25(31)27(17,20)3)22(26(32)33-23)16-28-11-13-29(14-12-28)21-9-7-19(8-10-21)18(2)30/h6-10,17,22-25,31H,4-5,11-16H2,1-3H3/p+1/t17-,22+,23-,24-,25-,27-/m1/s1. The Morgan fingerprint density at radius 3 is 2.61 bits per heavy atom. The summed E-state index contributed by atoms with van der Waals surface area (Å²) in [7, 11) is 0. The van der Waals surface area contributed by atoms with Crippen molar-refractivity contribution >= 4 is 17.4 Å². The van der Waals surface area contributed by atoms with E-state index in [9.17, 15) is 14.7 Å². The van der Waals surface area contributed by atoms with Gasteiger partial charge in [-0.3, -0.25) is 9.59 Å². The number of aliphatic hydroxyl groups is 1. The normalized spacial score (nSPS) is 36.6. The minimum atomic E-state index is -0.533. The van der Waals surface area contributed by atoms with Gasteiger partial charge in [-0.15, -0.1) is 0 Å². The number of nitrogens with zero attached hydrogens (tertiary/aromatic N) is 1. The van der Waals surface area contributed by atoms with E-state index in [0.29, 0.717) is 5.92 Å². The molecule has 1 saturated carbocycles. The molecule has 0 aromatic heterocycles. The van der Waals surface area contributed by atoms with Crippen LogP contribution in [0.15, 0.2) is 35.9 Å². The fourth-order valence-corrected chi connectivity index (χ4v) is 6.80. The monoisotopic (exact) mass is 453 g/mol. The van der Waals surface area contributed by atoms with Crippen LogP contribution in [0.3, 0.4) is 0 Å². The maximum absolute atomic E-state index is 12.9. The summed E-state index contributed by atoms with van der Waals surface area (Å²) < 4.78 is 5.85. The number of hydrogen-bond acceptors (Lipinski definition) is 5. The van der Waals surface area contributed by atoms with Crippen LogP contribution in [0, 0.1) is 23.2 Å². The number of quaternary nitrogens is 1. The number of benzene rings is 1. The van der Waals surface area contributed by atoms with E-state index in [2.05, 4.69) is 24.8 Å². The van der Waals surface area contributed by atoms with Gasteiger partial charge in [-0.05, 0) is 49.9 Å². The highest BCUT2D eigenvalue weighted by molar-refractivity contribution is 5.94. The molecule has 4 aliphatic rings. The number of hydrogen-bond donors (Lipinski definition) is 2. The molecular weight excluding hydrogens is 416 g/mol. The second kappa shape index (κ2) is 8.55. The molecular formula is C27H37N2O4+. The molecule has 1 aromatic rings. The van der Waals surface area contributed by atoms with Crippen molar-refractivity contribution in [2.24, 2.45) is 23.2 Å². The van der Waals surface area contributed by atoms with Gasteiger partial charge in [0.1, 0.15) is 12.0 Å². The van der Waals surface area contributed by atoms with Crippen molar-refractivity contribution < 1.29 is 24.3 Å². The van der Waals surface area contributed by atoms with E-state index >= 15 is 0 Å². The highest BCUT2D eigenvalue weighted by atomic mass is 16.6. The van der Waals surface area contributed by atoms with E-state index in [4.69, 9.17) is 4.74 Å². The third kappa shape index (κ3) is 3.81. The number of carbonyl (C=O) groups excluding carboxylic acids is 2. The summed E-state index contributed by atoms with van der Waals surface area (Å²) in [5.41, 5.74) is 2.93. The highest BCUT2D eigenvalue weighted by Gasteiger charge is 2.60. The molecule has 3 fully saturated rings. The molecule has 0 amide bonds. The number of esters is 1. The molecule has 6 heteroatoms. The van der Waals surface area contributed by atoms with Crippen molar-refractivity contribution in [1.29, 1.82) is 0 Å². The Balaban J connectivity index is 1.25. The van der Waals surface area contributed by atoms with Crippen LogP contribution in [-0.2, 0) is 9.53 Å². The van der Waals surface area contributed by atoms with E-state index in [1.807, 2.05) is 24.3 Å². The molecule has 6 atom stereocenters. The lowest BCUT2D eigenvalue weighted by molar-refractivity contribution is -0.903. The predicted molar refractivity (Wildman–Crippen MR) is 126 cm³/mol. The Morgan fingerprint density at radius 1 is 1.24 bits per heavy atom. The first kappa shape index (κ1) is 22.6. The van der Waals surface area contributed by atoms with Crippen molar-refractivity contribution in [3.05, 3.63) is 41.5 Å². The quantitative estimate of drug-likeness (QED) is 0.414.